The number of hydrogen-bond donors (Lipinski definition) is 1. The highest BCUT2D eigenvalue weighted by Gasteiger charge is 2.16. The molecule has 1 aliphatic carbocycles. The first kappa shape index (κ1) is 10.6. The molecule has 0 bridgehead atoms. The lowest BCUT2D eigenvalue weighted by molar-refractivity contribution is -0.118. The van der Waals surface area contributed by atoms with Crippen molar-refractivity contribution in [1.82, 2.24) is 5.32 Å². The smallest absolute Gasteiger partial charge is 0.230 e. The second kappa shape index (κ2) is 6.08. The van der Waals surface area contributed by atoms with Crippen LogP contribution in [0.2, 0.25) is 0 Å². The number of carbonyl (C=O) groups excluding carboxylic acids is 1. The van der Waals surface area contributed by atoms with Crippen LogP contribution in [0.3, 0.4) is 0 Å². The summed E-state index contributed by atoms with van der Waals surface area (Å²) in [5, 5.41) is 3.51. The van der Waals surface area contributed by atoms with Crippen LogP contribution >= 0.6 is 11.8 Å². The number of carbonyl (C=O) groups is 1. The lowest BCUT2D eigenvalue weighted by Gasteiger charge is -2.07. The maximum absolute atomic E-state index is 11.2. The molecule has 0 aromatic carbocycles. The SMILES string of the molecule is C=CCNC(=O)CSC1CCCC1. The van der Waals surface area contributed by atoms with Gasteiger partial charge in [-0.1, -0.05) is 18.9 Å². The second-order valence-electron chi connectivity index (χ2n) is 3.31. The third kappa shape index (κ3) is 4.36. The van der Waals surface area contributed by atoms with E-state index in [0.717, 1.165) is 5.25 Å². The summed E-state index contributed by atoms with van der Waals surface area (Å²) in [6.07, 6.45) is 6.97. The van der Waals surface area contributed by atoms with Gasteiger partial charge in [0.1, 0.15) is 0 Å². The average molecular weight is 199 g/mol. The Labute approximate surface area is 84.2 Å². The standard InChI is InChI=1S/C10H17NOS/c1-2-7-11-10(12)8-13-9-5-3-4-6-9/h2,9H,1,3-8H2,(H,11,12). The van der Waals surface area contributed by atoms with Crippen LogP contribution in [0, 0.1) is 0 Å². The average Bonchev–Trinajstić information content (AvgIpc) is 2.64. The molecule has 1 saturated carbocycles. The minimum absolute atomic E-state index is 0.136. The van der Waals surface area contributed by atoms with E-state index in [1.807, 2.05) is 0 Å². The van der Waals surface area contributed by atoms with Crippen molar-refractivity contribution in [3.8, 4) is 0 Å². The number of hydrogen-bond acceptors (Lipinski definition) is 2. The van der Waals surface area contributed by atoms with E-state index in [-0.39, 0.29) is 5.91 Å². The van der Waals surface area contributed by atoms with Crippen molar-refractivity contribution in [2.45, 2.75) is 30.9 Å². The van der Waals surface area contributed by atoms with Gasteiger partial charge in [0.2, 0.25) is 5.91 Å². The first-order chi connectivity index (χ1) is 6.33. The van der Waals surface area contributed by atoms with E-state index in [2.05, 4.69) is 11.9 Å². The Hall–Kier alpha value is -0.440. The van der Waals surface area contributed by atoms with Gasteiger partial charge < -0.3 is 5.32 Å². The first-order valence-electron chi connectivity index (χ1n) is 4.82. The normalized spacial score (nSPS) is 17.2. The minimum Gasteiger partial charge on any atom is -0.352 e. The topological polar surface area (TPSA) is 29.1 Å². The predicted molar refractivity (Wildman–Crippen MR) is 57.9 cm³/mol. The minimum atomic E-state index is 0.136. The number of nitrogens with one attached hydrogen (secondary N) is 1. The Morgan fingerprint density at radius 3 is 2.85 bits per heavy atom. The molecule has 1 rings (SSSR count). The monoisotopic (exact) mass is 199 g/mol. The third-order valence-electron chi connectivity index (χ3n) is 2.20. The molecule has 0 heterocycles. The van der Waals surface area contributed by atoms with Crippen molar-refractivity contribution in [2.75, 3.05) is 12.3 Å². The van der Waals surface area contributed by atoms with Crippen molar-refractivity contribution in [1.29, 1.82) is 0 Å². The maximum atomic E-state index is 11.2. The van der Waals surface area contributed by atoms with Crippen molar-refractivity contribution >= 4 is 17.7 Å². The van der Waals surface area contributed by atoms with Crippen LogP contribution in [0.15, 0.2) is 12.7 Å². The summed E-state index contributed by atoms with van der Waals surface area (Å²) in [5.74, 6) is 0.746. The van der Waals surface area contributed by atoms with Crippen molar-refractivity contribution in [3.05, 3.63) is 12.7 Å². The van der Waals surface area contributed by atoms with Gasteiger partial charge in [0.05, 0.1) is 5.75 Å². The Morgan fingerprint density at radius 2 is 2.23 bits per heavy atom. The van der Waals surface area contributed by atoms with E-state index >= 15 is 0 Å². The summed E-state index contributed by atoms with van der Waals surface area (Å²) < 4.78 is 0. The van der Waals surface area contributed by atoms with Gasteiger partial charge in [-0.25, -0.2) is 0 Å². The van der Waals surface area contributed by atoms with Gasteiger partial charge in [0, 0.05) is 11.8 Å². The van der Waals surface area contributed by atoms with Crippen molar-refractivity contribution < 1.29 is 4.79 Å². The molecule has 1 amide bonds. The van der Waals surface area contributed by atoms with Crippen LogP contribution in [-0.4, -0.2) is 23.5 Å². The second-order valence-corrected chi connectivity index (χ2v) is 4.60. The van der Waals surface area contributed by atoms with Gasteiger partial charge in [-0.3, -0.25) is 4.79 Å². The molecule has 0 aromatic rings. The highest BCUT2D eigenvalue weighted by molar-refractivity contribution is 8.00. The Bertz CT molecular complexity index is 176. The number of rotatable bonds is 5. The molecule has 0 aromatic heterocycles. The zero-order valence-corrected chi connectivity index (χ0v) is 8.74. The van der Waals surface area contributed by atoms with Crippen molar-refractivity contribution in [2.24, 2.45) is 0 Å². The fourth-order valence-electron chi connectivity index (χ4n) is 1.49. The van der Waals surface area contributed by atoms with Crippen LogP contribution in [0.5, 0.6) is 0 Å². The molecule has 0 spiro atoms. The number of thioether (sulfide) groups is 1. The molecular weight excluding hydrogens is 182 g/mol. The van der Waals surface area contributed by atoms with Gasteiger partial charge in [-0.2, -0.15) is 0 Å². The number of amides is 1. The van der Waals surface area contributed by atoms with Crippen LogP contribution in [0.4, 0.5) is 0 Å². The van der Waals surface area contributed by atoms with E-state index in [1.54, 1.807) is 17.8 Å². The maximum Gasteiger partial charge on any atom is 0.230 e. The highest BCUT2D eigenvalue weighted by atomic mass is 32.2. The zero-order valence-electron chi connectivity index (χ0n) is 7.92. The van der Waals surface area contributed by atoms with E-state index in [0.29, 0.717) is 12.3 Å². The Balaban J connectivity index is 2.03. The Kier molecular flexibility index (Phi) is 4.98. The van der Waals surface area contributed by atoms with Gasteiger partial charge in [-0.15, -0.1) is 18.3 Å². The van der Waals surface area contributed by atoms with E-state index in [9.17, 15) is 4.79 Å². The molecule has 0 radical (unpaired) electrons. The van der Waals surface area contributed by atoms with E-state index < -0.39 is 0 Å². The lowest BCUT2D eigenvalue weighted by atomic mass is 10.4. The van der Waals surface area contributed by atoms with Gasteiger partial charge in [0.15, 0.2) is 0 Å². The first-order valence-corrected chi connectivity index (χ1v) is 5.87. The molecule has 0 saturated heterocycles. The molecule has 74 valence electrons. The summed E-state index contributed by atoms with van der Waals surface area (Å²) in [4.78, 5) is 11.2. The molecule has 13 heavy (non-hydrogen) atoms. The molecule has 1 N–H and O–H groups in total. The van der Waals surface area contributed by atoms with Crippen LogP contribution in [0.25, 0.3) is 0 Å². The van der Waals surface area contributed by atoms with Crippen molar-refractivity contribution in [3.63, 3.8) is 0 Å². The molecule has 0 atom stereocenters. The van der Waals surface area contributed by atoms with E-state index in [1.165, 1.54) is 25.7 Å². The summed E-state index contributed by atoms with van der Waals surface area (Å²) >= 11 is 1.80. The summed E-state index contributed by atoms with van der Waals surface area (Å²) in [6.45, 7) is 4.14. The van der Waals surface area contributed by atoms with E-state index in [4.69, 9.17) is 0 Å². The summed E-state index contributed by atoms with van der Waals surface area (Å²) in [6, 6.07) is 0. The van der Waals surface area contributed by atoms with Gasteiger partial charge >= 0.3 is 0 Å². The lowest BCUT2D eigenvalue weighted by Crippen LogP contribution is -2.25. The fraction of sp³-hybridized carbons (Fsp3) is 0.700. The molecule has 0 aliphatic heterocycles. The predicted octanol–water partition coefficient (Wildman–Crippen LogP) is 1.96. The molecule has 1 fully saturated rings. The molecular formula is C10H17NOS. The Morgan fingerprint density at radius 1 is 1.54 bits per heavy atom. The molecule has 0 unspecified atom stereocenters. The highest BCUT2D eigenvalue weighted by Crippen LogP contribution is 2.28. The van der Waals surface area contributed by atoms with Crippen LogP contribution in [-0.2, 0) is 4.79 Å². The quantitative estimate of drug-likeness (QED) is 0.686. The largest absolute Gasteiger partial charge is 0.352 e. The van der Waals surface area contributed by atoms with Crippen LogP contribution in [0.1, 0.15) is 25.7 Å². The van der Waals surface area contributed by atoms with Gasteiger partial charge in [0.25, 0.3) is 0 Å². The summed E-state index contributed by atoms with van der Waals surface area (Å²) in [7, 11) is 0. The van der Waals surface area contributed by atoms with Gasteiger partial charge in [-0.05, 0) is 12.8 Å². The third-order valence-corrected chi connectivity index (χ3v) is 3.57. The molecule has 3 heteroatoms. The fourth-order valence-corrected chi connectivity index (χ4v) is 2.64. The molecule has 2 nitrogen and oxygen atoms in total. The summed E-state index contributed by atoms with van der Waals surface area (Å²) in [5.41, 5.74) is 0. The van der Waals surface area contributed by atoms with Crippen LogP contribution < -0.4 is 5.32 Å². The molecule has 1 aliphatic rings. The zero-order chi connectivity index (χ0) is 9.52.